The molecule has 1 heterocycles. The number of nitro benzene ring substituents is 1. The number of rotatable bonds is 7. The first kappa shape index (κ1) is 22.1. The van der Waals surface area contributed by atoms with Crippen LogP contribution in [0.5, 0.6) is 0 Å². The molecule has 0 unspecified atom stereocenters. The molecule has 1 aliphatic heterocycles. The van der Waals surface area contributed by atoms with Crippen molar-refractivity contribution in [2.75, 3.05) is 32.7 Å². The molecule has 1 aliphatic rings. The maximum absolute atomic E-state index is 12.7. The van der Waals surface area contributed by atoms with Crippen molar-refractivity contribution in [1.82, 2.24) is 9.80 Å². The van der Waals surface area contributed by atoms with E-state index in [9.17, 15) is 14.9 Å². The van der Waals surface area contributed by atoms with Crippen LogP contribution in [0.3, 0.4) is 0 Å². The summed E-state index contributed by atoms with van der Waals surface area (Å²) in [6.07, 6.45) is 0. The van der Waals surface area contributed by atoms with Crippen molar-refractivity contribution in [2.24, 2.45) is 0 Å². The van der Waals surface area contributed by atoms with Crippen LogP contribution in [-0.2, 0) is 0 Å². The molecule has 3 aromatic carbocycles. The Morgan fingerprint density at radius 1 is 0.906 bits per heavy atom. The summed E-state index contributed by atoms with van der Waals surface area (Å²) in [5, 5.41) is 11.1. The van der Waals surface area contributed by atoms with Crippen molar-refractivity contribution >= 4 is 23.1 Å². The van der Waals surface area contributed by atoms with Crippen LogP contribution in [0, 0.1) is 10.1 Å². The van der Waals surface area contributed by atoms with Gasteiger partial charge in [-0.3, -0.25) is 24.7 Å². The van der Waals surface area contributed by atoms with E-state index in [0.717, 1.165) is 26.2 Å². The number of halogens is 1. The Hall–Kier alpha value is -3.06. The highest BCUT2D eigenvalue weighted by molar-refractivity contribution is 6.32. The minimum Gasteiger partial charge on any atom is -0.293 e. The summed E-state index contributed by atoms with van der Waals surface area (Å²) in [6.45, 7) is 3.37. The van der Waals surface area contributed by atoms with Gasteiger partial charge in [-0.2, -0.15) is 0 Å². The molecule has 0 N–H and O–H groups in total. The van der Waals surface area contributed by atoms with Crippen LogP contribution < -0.4 is 0 Å². The van der Waals surface area contributed by atoms with Gasteiger partial charge in [-0.1, -0.05) is 72.3 Å². The second kappa shape index (κ2) is 10.0. The highest BCUT2D eigenvalue weighted by Gasteiger charge is 2.27. The van der Waals surface area contributed by atoms with Gasteiger partial charge in [0, 0.05) is 37.8 Å². The van der Waals surface area contributed by atoms with E-state index in [4.69, 9.17) is 11.6 Å². The van der Waals surface area contributed by atoms with Gasteiger partial charge in [-0.05, 0) is 23.3 Å². The van der Waals surface area contributed by atoms with E-state index in [1.54, 1.807) is 6.07 Å². The number of hydrogen-bond donors (Lipinski definition) is 0. The van der Waals surface area contributed by atoms with Gasteiger partial charge in [0.2, 0.25) is 0 Å². The van der Waals surface area contributed by atoms with E-state index < -0.39 is 4.92 Å². The molecule has 6 nitrogen and oxygen atoms in total. The Bertz CT molecular complexity index is 1040. The Labute approximate surface area is 192 Å². The highest BCUT2D eigenvalue weighted by atomic mass is 35.5. The molecule has 0 radical (unpaired) electrons. The zero-order valence-electron chi connectivity index (χ0n) is 17.6. The number of nitrogens with zero attached hydrogens (tertiary/aromatic N) is 3. The number of Topliss-reactive ketones (excluding diaryl/α,β-unsaturated/α-hetero) is 1. The predicted octanol–water partition coefficient (Wildman–Crippen LogP) is 4.84. The van der Waals surface area contributed by atoms with Gasteiger partial charge in [-0.15, -0.1) is 0 Å². The van der Waals surface area contributed by atoms with Crippen molar-refractivity contribution < 1.29 is 9.72 Å². The van der Waals surface area contributed by atoms with Gasteiger partial charge in [-0.25, -0.2) is 0 Å². The third-order valence-corrected chi connectivity index (χ3v) is 6.15. The van der Waals surface area contributed by atoms with E-state index in [0.29, 0.717) is 5.56 Å². The molecular weight excluding hydrogens is 426 g/mol. The molecule has 0 spiro atoms. The molecule has 7 heteroatoms. The normalized spacial score (nSPS) is 15.1. The average Bonchev–Trinajstić information content (AvgIpc) is 2.82. The molecule has 4 rings (SSSR count). The van der Waals surface area contributed by atoms with Crippen molar-refractivity contribution in [1.29, 1.82) is 0 Å². The Balaban J connectivity index is 1.43. The third kappa shape index (κ3) is 5.05. The van der Waals surface area contributed by atoms with E-state index in [1.807, 2.05) is 12.1 Å². The molecule has 0 saturated carbocycles. The molecule has 0 aliphatic carbocycles. The number of carbonyl (C=O) groups excluding carboxylic acids is 1. The van der Waals surface area contributed by atoms with Crippen molar-refractivity contribution in [3.8, 4) is 0 Å². The monoisotopic (exact) mass is 449 g/mol. The zero-order valence-corrected chi connectivity index (χ0v) is 18.3. The molecule has 32 heavy (non-hydrogen) atoms. The van der Waals surface area contributed by atoms with Crippen LogP contribution in [0.2, 0.25) is 5.02 Å². The summed E-state index contributed by atoms with van der Waals surface area (Å²) in [5.74, 6) is -0.138. The molecule has 3 aromatic rings. The first-order valence-electron chi connectivity index (χ1n) is 10.6. The smallest absolute Gasteiger partial charge is 0.288 e. The largest absolute Gasteiger partial charge is 0.293 e. The number of benzene rings is 3. The summed E-state index contributed by atoms with van der Waals surface area (Å²) in [6, 6.07) is 25.3. The highest BCUT2D eigenvalue weighted by Crippen LogP contribution is 2.30. The minimum atomic E-state index is -0.564. The lowest BCUT2D eigenvalue weighted by atomic mass is 9.96. The summed E-state index contributed by atoms with van der Waals surface area (Å²) in [4.78, 5) is 27.8. The van der Waals surface area contributed by atoms with E-state index >= 15 is 0 Å². The van der Waals surface area contributed by atoms with Crippen molar-refractivity contribution in [3.63, 3.8) is 0 Å². The number of carbonyl (C=O) groups is 1. The Kier molecular flexibility index (Phi) is 6.95. The summed E-state index contributed by atoms with van der Waals surface area (Å²) < 4.78 is 0. The fraction of sp³-hybridized carbons (Fsp3) is 0.240. The average molecular weight is 450 g/mol. The first-order valence-corrected chi connectivity index (χ1v) is 10.9. The molecule has 0 amide bonds. The molecule has 0 atom stereocenters. The third-order valence-electron chi connectivity index (χ3n) is 5.83. The molecule has 0 aromatic heterocycles. The topological polar surface area (TPSA) is 66.7 Å². The van der Waals surface area contributed by atoms with Gasteiger partial charge in [0.15, 0.2) is 5.78 Å². The molecule has 164 valence electrons. The molecule has 1 fully saturated rings. The fourth-order valence-corrected chi connectivity index (χ4v) is 4.37. The van der Waals surface area contributed by atoms with Gasteiger partial charge < -0.3 is 0 Å². The van der Waals surface area contributed by atoms with Gasteiger partial charge in [0.25, 0.3) is 5.69 Å². The lowest BCUT2D eigenvalue weighted by Crippen LogP contribution is -2.49. The Morgan fingerprint density at radius 3 is 2.00 bits per heavy atom. The summed E-state index contributed by atoms with van der Waals surface area (Å²) in [7, 11) is 0. The number of hydrogen-bond acceptors (Lipinski definition) is 5. The number of nitro groups is 1. The summed E-state index contributed by atoms with van der Waals surface area (Å²) in [5.41, 5.74) is 2.57. The van der Waals surface area contributed by atoms with E-state index in [2.05, 4.69) is 58.3 Å². The van der Waals surface area contributed by atoms with Crippen LogP contribution in [0.25, 0.3) is 0 Å². The standard InChI is InChI=1S/C25H24ClN3O3/c26-22-12-11-21(17-23(22)29(31)32)24(30)18-27-13-15-28(16-14-27)25(19-7-3-1-4-8-19)20-9-5-2-6-10-20/h1-12,17,25H,13-16,18H2. The number of piperazine rings is 1. The second-order valence-electron chi connectivity index (χ2n) is 7.88. The van der Waals surface area contributed by atoms with Crippen LogP contribution in [-0.4, -0.2) is 53.2 Å². The zero-order chi connectivity index (χ0) is 22.5. The minimum absolute atomic E-state index is 0.0352. The van der Waals surface area contributed by atoms with E-state index in [1.165, 1.54) is 23.3 Å². The van der Waals surface area contributed by atoms with Crippen LogP contribution >= 0.6 is 11.6 Å². The van der Waals surface area contributed by atoms with Crippen molar-refractivity contribution in [3.05, 3.63) is 111 Å². The predicted molar refractivity (Wildman–Crippen MR) is 125 cm³/mol. The quantitative estimate of drug-likeness (QED) is 0.293. The Morgan fingerprint density at radius 2 is 1.47 bits per heavy atom. The van der Waals surface area contributed by atoms with Crippen LogP contribution in [0.4, 0.5) is 5.69 Å². The molecular formula is C25H24ClN3O3. The van der Waals surface area contributed by atoms with Crippen LogP contribution in [0.15, 0.2) is 78.9 Å². The van der Waals surface area contributed by atoms with Crippen LogP contribution in [0.1, 0.15) is 27.5 Å². The second-order valence-corrected chi connectivity index (χ2v) is 8.29. The van der Waals surface area contributed by atoms with Gasteiger partial charge in [0.05, 0.1) is 17.5 Å². The lowest BCUT2D eigenvalue weighted by molar-refractivity contribution is -0.384. The van der Waals surface area contributed by atoms with Gasteiger partial charge in [0.1, 0.15) is 5.02 Å². The maximum Gasteiger partial charge on any atom is 0.288 e. The molecule has 1 saturated heterocycles. The summed E-state index contributed by atoms with van der Waals surface area (Å²) >= 11 is 5.87. The first-order chi connectivity index (χ1) is 15.5. The van der Waals surface area contributed by atoms with Gasteiger partial charge >= 0.3 is 0 Å². The lowest BCUT2D eigenvalue weighted by Gasteiger charge is -2.39. The number of ketones is 1. The van der Waals surface area contributed by atoms with Crippen molar-refractivity contribution in [2.45, 2.75) is 6.04 Å². The fourth-order valence-electron chi connectivity index (χ4n) is 4.18. The maximum atomic E-state index is 12.7. The SMILES string of the molecule is O=C(CN1CCN(C(c2ccccc2)c2ccccc2)CC1)c1ccc(Cl)c([N+](=O)[O-])c1. The molecule has 0 bridgehead atoms. The van der Waals surface area contributed by atoms with E-state index in [-0.39, 0.29) is 29.1 Å².